The number of ether oxygens (including phenoxy) is 2. The summed E-state index contributed by atoms with van der Waals surface area (Å²) in [5.74, 6) is 0.437. The highest BCUT2D eigenvalue weighted by Crippen LogP contribution is 2.27. The number of hydrogen-bond acceptors (Lipinski definition) is 4. The molecule has 0 bridgehead atoms. The summed E-state index contributed by atoms with van der Waals surface area (Å²) in [6.07, 6.45) is 0. The molecule has 0 saturated carbocycles. The monoisotopic (exact) mass is 390 g/mol. The molecule has 0 radical (unpaired) electrons. The van der Waals surface area contributed by atoms with Crippen molar-refractivity contribution in [2.75, 3.05) is 32.6 Å². The van der Waals surface area contributed by atoms with E-state index in [1.165, 1.54) is 12.0 Å². The normalized spacial score (nSPS) is 10.3. The van der Waals surface area contributed by atoms with Crippen molar-refractivity contribution in [3.63, 3.8) is 0 Å². The van der Waals surface area contributed by atoms with Crippen LogP contribution in [0.1, 0.15) is 11.1 Å². The SMILES string of the molecule is COc1ccc(Cl)cc1NC(=O)CN(C)C(=O)COc1ccc(C)c(C)c1. The fourth-order valence-corrected chi connectivity index (χ4v) is 2.50. The van der Waals surface area contributed by atoms with Crippen LogP contribution in [0.3, 0.4) is 0 Å². The second-order valence-electron chi connectivity index (χ2n) is 6.18. The topological polar surface area (TPSA) is 67.9 Å². The van der Waals surface area contributed by atoms with Gasteiger partial charge in [-0.25, -0.2) is 0 Å². The largest absolute Gasteiger partial charge is 0.495 e. The van der Waals surface area contributed by atoms with Gasteiger partial charge < -0.3 is 19.7 Å². The lowest BCUT2D eigenvalue weighted by Gasteiger charge is -2.18. The number of nitrogens with zero attached hydrogens (tertiary/aromatic N) is 1. The molecular formula is C20H23ClN2O4. The summed E-state index contributed by atoms with van der Waals surface area (Å²) in [5.41, 5.74) is 2.68. The summed E-state index contributed by atoms with van der Waals surface area (Å²) in [7, 11) is 3.04. The van der Waals surface area contributed by atoms with Gasteiger partial charge in [-0.2, -0.15) is 0 Å². The first-order valence-electron chi connectivity index (χ1n) is 8.37. The molecule has 2 rings (SSSR count). The van der Waals surface area contributed by atoms with Crippen molar-refractivity contribution in [1.29, 1.82) is 0 Å². The van der Waals surface area contributed by atoms with Crippen LogP contribution in [-0.2, 0) is 9.59 Å². The first-order chi connectivity index (χ1) is 12.8. The molecule has 0 aliphatic rings. The lowest BCUT2D eigenvalue weighted by molar-refractivity contribution is -0.135. The van der Waals surface area contributed by atoms with Crippen molar-refractivity contribution in [3.8, 4) is 11.5 Å². The van der Waals surface area contributed by atoms with Crippen molar-refractivity contribution in [1.82, 2.24) is 4.90 Å². The Morgan fingerprint density at radius 3 is 2.52 bits per heavy atom. The van der Waals surface area contributed by atoms with E-state index in [9.17, 15) is 9.59 Å². The smallest absolute Gasteiger partial charge is 0.260 e. The van der Waals surface area contributed by atoms with Crippen LogP contribution in [0.25, 0.3) is 0 Å². The number of benzene rings is 2. The van der Waals surface area contributed by atoms with Gasteiger partial charge in [-0.05, 0) is 55.3 Å². The summed E-state index contributed by atoms with van der Waals surface area (Å²) < 4.78 is 10.7. The average Bonchev–Trinajstić information content (AvgIpc) is 2.62. The third kappa shape index (κ3) is 5.89. The summed E-state index contributed by atoms with van der Waals surface area (Å²) >= 11 is 5.95. The van der Waals surface area contributed by atoms with Crippen LogP contribution in [0.2, 0.25) is 5.02 Å². The number of carbonyl (C=O) groups is 2. The van der Waals surface area contributed by atoms with Gasteiger partial charge in [0.2, 0.25) is 5.91 Å². The number of nitrogens with one attached hydrogen (secondary N) is 1. The maximum atomic E-state index is 12.2. The fourth-order valence-electron chi connectivity index (χ4n) is 2.33. The summed E-state index contributed by atoms with van der Waals surface area (Å²) in [4.78, 5) is 25.7. The first kappa shape index (κ1) is 20.6. The van der Waals surface area contributed by atoms with Crippen LogP contribution in [-0.4, -0.2) is 44.0 Å². The third-order valence-electron chi connectivity index (χ3n) is 4.08. The molecule has 2 aromatic carbocycles. The van der Waals surface area contributed by atoms with Crippen molar-refractivity contribution >= 4 is 29.1 Å². The highest BCUT2D eigenvalue weighted by molar-refractivity contribution is 6.31. The number of methoxy groups -OCH3 is 1. The zero-order chi connectivity index (χ0) is 20.0. The molecule has 0 aromatic heterocycles. The fraction of sp³-hybridized carbons (Fsp3) is 0.300. The minimum atomic E-state index is -0.363. The molecule has 2 aromatic rings. The van der Waals surface area contributed by atoms with E-state index < -0.39 is 0 Å². The summed E-state index contributed by atoms with van der Waals surface area (Å²) in [5, 5.41) is 3.16. The number of rotatable bonds is 7. The molecule has 0 saturated heterocycles. The number of amides is 2. The Balaban J connectivity index is 1.89. The molecule has 0 spiro atoms. The molecule has 2 amide bonds. The molecule has 0 fully saturated rings. The van der Waals surface area contributed by atoms with Gasteiger partial charge >= 0.3 is 0 Å². The number of aryl methyl sites for hydroxylation is 2. The van der Waals surface area contributed by atoms with Crippen LogP contribution in [0.15, 0.2) is 36.4 Å². The number of anilines is 1. The van der Waals surface area contributed by atoms with Crippen LogP contribution < -0.4 is 14.8 Å². The average molecular weight is 391 g/mol. The zero-order valence-corrected chi connectivity index (χ0v) is 16.6. The van der Waals surface area contributed by atoms with Gasteiger partial charge in [0.15, 0.2) is 6.61 Å². The van der Waals surface area contributed by atoms with Crippen LogP contribution >= 0.6 is 11.6 Å². The number of carbonyl (C=O) groups excluding carboxylic acids is 2. The molecule has 1 N–H and O–H groups in total. The van der Waals surface area contributed by atoms with E-state index in [-0.39, 0.29) is 25.0 Å². The van der Waals surface area contributed by atoms with Gasteiger partial charge in [-0.3, -0.25) is 9.59 Å². The minimum absolute atomic E-state index is 0.120. The lowest BCUT2D eigenvalue weighted by atomic mass is 10.1. The van der Waals surface area contributed by atoms with E-state index in [2.05, 4.69) is 5.32 Å². The lowest BCUT2D eigenvalue weighted by Crippen LogP contribution is -2.37. The van der Waals surface area contributed by atoms with Gasteiger partial charge in [0.25, 0.3) is 5.91 Å². The van der Waals surface area contributed by atoms with E-state index in [1.807, 2.05) is 32.0 Å². The van der Waals surface area contributed by atoms with E-state index >= 15 is 0 Å². The molecule has 27 heavy (non-hydrogen) atoms. The minimum Gasteiger partial charge on any atom is -0.495 e. The maximum absolute atomic E-state index is 12.2. The van der Waals surface area contributed by atoms with Crippen molar-refractivity contribution in [2.24, 2.45) is 0 Å². The number of likely N-dealkylation sites (N-methyl/N-ethyl adjacent to an activating group) is 1. The predicted molar refractivity (Wildman–Crippen MR) is 106 cm³/mol. The summed E-state index contributed by atoms with van der Waals surface area (Å²) in [6.45, 7) is 3.72. The quantitative estimate of drug-likeness (QED) is 0.786. The van der Waals surface area contributed by atoms with E-state index in [1.54, 1.807) is 25.2 Å². The van der Waals surface area contributed by atoms with Crippen LogP contribution in [0.5, 0.6) is 11.5 Å². The predicted octanol–water partition coefficient (Wildman–Crippen LogP) is 3.44. The van der Waals surface area contributed by atoms with Crippen LogP contribution in [0, 0.1) is 13.8 Å². The molecule has 0 aliphatic heterocycles. The molecule has 144 valence electrons. The molecule has 0 heterocycles. The number of hydrogen-bond donors (Lipinski definition) is 1. The highest BCUT2D eigenvalue weighted by Gasteiger charge is 2.15. The molecule has 0 unspecified atom stereocenters. The van der Waals surface area contributed by atoms with Gasteiger partial charge in [-0.15, -0.1) is 0 Å². The highest BCUT2D eigenvalue weighted by atomic mass is 35.5. The third-order valence-corrected chi connectivity index (χ3v) is 4.32. The zero-order valence-electron chi connectivity index (χ0n) is 15.8. The van der Waals surface area contributed by atoms with E-state index in [0.29, 0.717) is 22.2 Å². The molecule has 6 nitrogen and oxygen atoms in total. The Labute approximate surface area is 164 Å². The Bertz CT molecular complexity index is 839. The standard InChI is InChI=1S/C20H23ClN2O4/c1-13-5-7-16(9-14(13)2)27-12-20(25)23(3)11-19(24)22-17-10-15(21)6-8-18(17)26-4/h5-10H,11-12H2,1-4H3,(H,22,24). The van der Waals surface area contributed by atoms with Gasteiger partial charge in [-0.1, -0.05) is 17.7 Å². The van der Waals surface area contributed by atoms with E-state index in [4.69, 9.17) is 21.1 Å². The van der Waals surface area contributed by atoms with E-state index in [0.717, 1.165) is 11.1 Å². The summed E-state index contributed by atoms with van der Waals surface area (Å²) in [6, 6.07) is 10.5. The Morgan fingerprint density at radius 2 is 1.85 bits per heavy atom. The second-order valence-corrected chi connectivity index (χ2v) is 6.61. The van der Waals surface area contributed by atoms with Crippen molar-refractivity contribution in [3.05, 3.63) is 52.5 Å². The molecule has 0 aliphatic carbocycles. The van der Waals surface area contributed by atoms with Gasteiger partial charge in [0.1, 0.15) is 11.5 Å². The second kappa shape index (κ2) is 9.28. The van der Waals surface area contributed by atoms with Gasteiger partial charge in [0.05, 0.1) is 19.3 Å². The van der Waals surface area contributed by atoms with Crippen LogP contribution in [0.4, 0.5) is 5.69 Å². The maximum Gasteiger partial charge on any atom is 0.260 e. The Morgan fingerprint density at radius 1 is 1.11 bits per heavy atom. The first-order valence-corrected chi connectivity index (χ1v) is 8.75. The van der Waals surface area contributed by atoms with Crippen molar-refractivity contribution in [2.45, 2.75) is 13.8 Å². The van der Waals surface area contributed by atoms with Gasteiger partial charge in [0, 0.05) is 12.1 Å². The molecular weight excluding hydrogens is 368 g/mol. The number of halogens is 1. The molecule has 7 heteroatoms. The Kier molecular flexibility index (Phi) is 7.07. The van der Waals surface area contributed by atoms with Crippen molar-refractivity contribution < 1.29 is 19.1 Å². The molecule has 0 atom stereocenters. The Hall–Kier alpha value is -2.73.